The van der Waals surface area contributed by atoms with E-state index in [2.05, 4.69) is 40.0 Å². The van der Waals surface area contributed by atoms with Gasteiger partial charge in [0.05, 0.1) is 11.4 Å². The summed E-state index contributed by atoms with van der Waals surface area (Å²) < 4.78 is 5.31. The number of aromatic nitrogens is 3. The standard InChI is InChI=1S/C36H56N8O4/c1-25(2)32(45)13-10-11-16-38-36(4,5)14-18-44-22-26(3)19-31(44)35(48)40-28-21-30(43(9)24-28)34(47)39-27-20-29(42(8)23-27)33(46)37-15-12-17-41(6)7/h19-25,38H,10-18H2,1-9H3,(H,37,46)(H,39,47)(H,40,48). The summed E-state index contributed by atoms with van der Waals surface area (Å²) in [7, 11) is 7.48. The van der Waals surface area contributed by atoms with Crippen molar-refractivity contribution in [3.05, 3.63) is 59.4 Å². The maximum Gasteiger partial charge on any atom is 0.272 e. The lowest BCUT2D eigenvalue weighted by molar-refractivity contribution is -0.122. The molecule has 12 heteroatoms. The number of ketones is 1. The number of nitrogens with zero attached hydrogens (tertiary/aromatic N) is 4. The van der Waals surface area contributed by atoms with Gasteiger partial charge in [-0.3, -0.25) is 19.2 Å². The van der Waals surface area contributed by atoms with Crippen LogP contribution in [0.5, 0.6) is 0 Å². The number of hydrogen-bond acceptors (Lipinski definition) is 6. The van der Waals surface area contributed by atoms with Crippen LogP contribution in [-0.2, 0) is 25.4 Å². The van der Waals surface area contributed by atoms with Crippen molar-refractivity contribution in [3.63, 3.8) is 0 Å². The largest absolute Gasteiger partial charge is 0.351 e. The molecule has 3 aromatic rings. The van der Waals surface area contributed by atoms with E-state index in [1.165, 1.54) is 0 Å². The molecule has 0 aromatic carbocycles. The highest BCUT2D eigenvalue weighted by Gasteiger charge is 2.21. The number of unbranched alkanes of at least 4 members (excludes halogenated alkanes) is 1. The van der Waals surface area contributed by atoms with Gasteiger partial charge in [-0.2, -0.15) is 0 Å². The summed E-state index contributed by atoms with van der Waals surface area (Å²) in [4.78, 5) is 53.2. The smallest absolute Gasteiger partial charge is 0.272 e. The number of amides is 3. The molecule has 0 atom stereocenters. The van der Waals surface area contributed by atoms with Crippen LogP contribution in [0.2, 0.25) is 0 Å². The summed E-state index contributed by atoms with van der Waals surface area (Å²) in [6.07, 6.45) is 9.47. The van der Waals surface area contributed by atoms with Gasteiger partial charge in [0.1, 0.15) is 22.9 Å². The van der Waals surface area contributed by atoms with Crippen LogP contribution in [0, 0.1) is 12.8 Å². The molecule has 0 aliphatic rings. The SMILES string of the molecule is Cc1cc(C(=O)Nc2cc(C(=O)Nc3cc(C(=O)NCCCN(C)C)n(C)c3)n(C)c2)n(CCC(C)(C)NCCCCC(=O)C(C)C)c1. The van der Waals surface area contributed by atoms with Gasteiger partial charge in [0.15, 0.2) is 0 Å². The lowest BCUT2D eigenvalue weighted by atomic mass is 9.99. The van der Waals surface area contributed by atoms with Crippen molar-refractivity contribution in [2.24, 2.45) is 20.0 Å². The second kappa shape index (κ2) is 17.3. The molecule has 0 aliphatic heterocycles. The lowest BCUT2D eigenvalue weighted by Gasteiger charge is -2.27. The minimum Gasteiger partial charge on any atom is -0.351 e. The third-order valence-electron chi connectivity index (χ3n) is 8.40. The van der Waals surface area contributed by atoms with E-state index >= 15 is 0 Å². The van der Waals surface area contributed by atoms with E-state index in [0.717, 1.165) is 44.3 Å². The van der Waals surface area contributed by atoms with Crippen LogP contribution in [0.4, 0.5) is 11.4 Å². The van der Waals surface area contributed by atoms with Gasteiger partial charge in [0.25, 0.3) is 17.7 Å². The zero-order chi connectivity index (χ0) is 35.6. The van der Waals surface area contributed by atoms with E-state index in [1.54, 1.807) is 47.8 Å². The van der Waals surface area contributed by atoms with Crippen LogP contribution in [0.25, 0.3) is 0 Å². The minimum atomic E-state index is -0.359. The van der Waals surface area contributed by atoms with Crippen molar-refractivity contribution < 1.29 is 19.2 Å². The normalized spacial score (nSPS) is 11.7. The number of Topliss-reactive ketones (excluding diaryl/α,β-unsaturated/α-hetero) is 1. The molecule has 0 aliphatic carbocycles. The molecule has 0 spiro atoms. The number of rotatable bonds is 19. The molecule has 12 nitrogen and oxygen atoms in total. The molecule has 3 amide bonds. The first-order valence-corrected chi connectivity index (χ1v) is 16.9. The number of nitrogens with one attached hydrogen (secondary N) is 4. The first kappa shape index (κ1) is 38.3. The molecule has 0 saturated heterocycles. The molecular weight excluding hydrogens is 608 g/mol. The van der Waals surface area contributed by atoms with Crippen molar-refractivity contribution in [2.75, 3.05) is 44.4 Å². The topological polar surface area (TPSA) is 134 Å². The highest BCUT2D eigenvalue weighted by molar-refractivity contribution is 6.07. The number of carbonyl (C=O) groups is 4. The van der Waals surface area contributed by atoms with E-state index in [4.69, 9.17) is 0 Å². The molecule has 0 bridgehead atoms. The number of anilines is 2. The fraction of sp³-hybridized carbons (Fsp3) is 0.556. The molecular formula is C36H56N8O4. The lowest BCUT2D eigenvalue weighted by Crippen LogP contribution is -2.40. The predicted molar refractivity (Wildman–Crippen MR) is 192 cm³/mol. The summed E-state index contributed by atoms with van der Waals surface area (Å²) in [5.41, 5.74) is 3.19. The minimum absolute atomic E-state index is 0.0905. The maximum absolute atomic E-state index is 13.4. The third kappa shape index (κ3) is 11.5. The number of carbonyl (C=O) groups excluding carboxylic acids is 4. The third-order valence-corrected chi connectivity index (χ3v) is 8.40. The van der Waals surface area contributed by atoms with Crippen LogP contribution in [-0.4, -0.2) is 81.4 Å². The van der Waals surface area contributed by atoms with Gasteiger partial charge in [-0.25, -0.2) is 0 Å². The first-order valence-electron chi connectivity index (χ1n) is 16.9. The molecule has 0 unspecified atom stereocenters. The second-order valence-corrected chi connectivity index (χ2v) is 14.0. The Labute approximate surface area is 285 Å². The van der Waals surface area contributed by atoms with E-state index in [-0.39, 0.29) is 29.2 Å². The molecule has 0 radical (unpaired) electrons. The second-order valence-electron chi connectivity index (χ2n) is 14.0. The summed E-state index contributed by atoms with van der Waals surface area (Å²) in [6, 6.07) is 5.15. The average Bonchev–Trinajstić information content (AvgIpc) is 3.68. The van der Waals surface area contributed by atoms with Gasteiger partial charge in [0.2, 0.25) is 0 Å². The fourth-order valence-corrected chi connectivity index (χ4v) is 5.46. The number of aryl methyl sites for hydroxylation is 4. The molecule has 3 rings (SSSR count). The molecule has 48 heavy (non-hydrogen) atoms. The number of hydrogen-bond donors (Lipinski definition) is 4. The van der Waals surface area contributed by atoms with Gasteiger partial charge in [-0.15, -0.1) is 0 Å². The Kier molecular flexibility index (Phi) is 13.8. The van der Waals surface area contributed by atoms with Crippen LogP contribution in [0.1, 0.15) is 96.8 Å². The Balaban J connectivity index is 1.56. The van der Waals surface area contributed by atoms with Crippen molar-refractivity contribution >= 4 is 34.9 Å². The molecule has 3 heterocycles. The highest BCUT2D eigenvalue weighted by atomic mass is 16.2. The Bertz CT molecular complexity index is 1560. The van der Waals surface area contributed by atoms with Gasteiger partial charge >= 0.3 is 0 Å². The predicted octanol–water partition coefficient (Wildman–Crippen LogP) is 4.81. The van der Waals surface area contributed by atoms with Gasteiger partial charge in [0, 0.05) is 63.7 Å². The molecule has 0 saturated carbocycles. The van der Waals surface area contributed by atoms with Gasteiger partial charge < -0.3 is 39.9 Å². The van der Waals surface area contributed by atoms with E-state index in [9.17, 15) is 19.2 Å². The van der Waals surface area contributed by atoms with Crippen LogP contribution >= 0.6 is 0 Å². The van der Waals surface area contributed by atoms with Crippen molar-refractivity contribution in [1.82, 2.24) is 29.2 Å². The zero-order valence-corrected chi connectivity index (χ0v) is 30.3. The summed E-state index contributed by atoms with van der Waals surface area (Å²) >= 11 is 0. The zero-order valence-electron chi connectivity index (χ0n) is 30.3. The molecule has 3 aromatic heterocycles. The van der Waals surface area contributed by atoms with Crippen molar-refractivity contribution in [1.29, 1.82) is 0 Å². The fourth-order valence-electron chi connectivity index (χ4n) is 5.46. The van der Waals surface area contributed by atoms with Crippen molar-refractivity contribution in [3.8, 4) is 0 Å². The van der Waals surface area contributed by atoms with E-state index in [1.807, 2.05) is 51.7 Å². The summed E-state index contributed by atoms with van der Waals surface area (Å²) in [5.74, 6) is -0.417. The van der Waals surface area contributed by atoms with Crippen molar-refractivity contribution in [2.45, 2.75) is 78.8 Å². The molecule has 0 fully saturated rings. The van der Waals surface area contributed by atoms with Gasteiger partial charge in [-0.1, -0.05) is 13.8 Å². The van der Waals surface area contributed by atoms with Crippen LogP contribution < -0.4 is 21.3 Å². The first-order chi connectivity index (χ1) is 22.6. The van der Waals surface area contributed by atoms with Gasteiger partial charge in [-0.05, 0) is 97.4 Å². The summed E-state index contributed by atoms with van der Waals surface area (Å²) in [6.45, 7) is 13.1. The van der Waals surface area contributed by atoms with Crippen LogP contribution in [0.15, 0.2) is 36.8 Å². The average molecular weight is 665 g/mol. The Morgan fingerprint density at radius 2 is 1.38 bits per heavy atom. The highest BCUT2D eigenvalue weighted by Crippen LogP contribution is 2.20. The molecule has 4 N–H and O–H groups in total. The van der Waals surface area contributed by atoms with E-state index in [0.29, 0.717) is 53.8 Å². The Morgan fingerprint density at radius 3 is 1.96 bits per heavy atom. The Hall–Kier alpha value is -4.16. The maximum atomic E-state index is 13.4. The molecule has 264 valence electrons. The summed E-state index contributed by atoms with van der Waals surface area (Å²) in [5, 5.41) is 12.3. The monoisotopic (exact) mass is 664 g/mol. The quantitative estimate of drug-likeness (QED) is 0.136. The Morgan fingerprint density at radius 1 is 0.792 bits per heavy atom. The van der Waals surface area contributed by atoms with Crippen LogP contribution in [0.3, 0.4) is 0 Å². The van der Waals surface area contributed by atoms with E-state index < -0.39 is 0 Å².